The number of amides is 1. The number of carbonyl (C=O) groups excluding carboxylic acids is 1. The van der Waals surface area contributed by atoms with Crippen LogP contribution in [0.3, 0.4) is 0 Å². The normalized spacial score (nSPS) is 34.9. The molecule has 2 aliphatic rings. The molecule has 4 heteroatoms. The van der Waals surface area contributed by atoms with Crippen molar-refractivity contribution in [3.05, 3.63) is 0 Å². The molecule has 2 rings (SSSR count). The summed E-state index contributed by atoms with van der Waals surface area (Å²) >= 11 is 5.53. The Morgan fingerprint density at radius 2 is 2.12 bits per heavy atom. The average molecular weight is 306 g/mol. The minimum absolute atomic E-state index is 0.226. The van der Waals surface area contributed by atoms with E-state index >= 15 is 0 Å². The Hall–Kier alpha value is 0.300. The molecule has 1 saturated carbocycles. The lowest BCUT2D eigenvalue weighted by atomic mass is 10.1. The fraction of sp³-hybridized carbons (Fsp3) is 0.917. The van der Waals surface area contributed by atoms with Crippen LogP contribution in [0.25, 0.3) is 0 Å². The van der Waals surface area contributed by atoms with Gasteiger partial charge in [0.2, 0.25) is 5.91 Å². The topological polar surface area (TPSA) is 29.1 Å². The maximum absolute atomic E-state index is 11.9. The van der Waals surface area contributed by atoms with E-state index in [1.165, 1.54) is 32.1 Å². The van der Waals surface area contributed by atoms with Crippen LogP contribution < -0.4 is 5.32 Å². The van der Waals surface area contributed by atoms with E-state index in [4.69, 9.17) is 0 Å². The van der Waals surface area contributed by atoms with Gasteiger partial charge in [-0.25, -0.2) is 0 Å². The average Bonchev–Trinajstić information content (AvgIpc) is 2.73. The molecule has 1 amide bonds. The molecule has 16 heavy (non-hydrogen) atoms. The molecule has 1 aliphatic carbocycles. The van der Waals surface area contributed by atoms with Crippen LogP contribution in [0.15, 0.2) is 0 Å². The molecule has 0 aromatic carbocycles. The van der Waals surface area contributed by atoms with Crippen LogP contribution in [0.1, 0.15) is 38.5 Å². The van der Waals surface area contributed by atoms with Crippen LogP contribution >= 0.6 is 27.7 Å². The number of halogens is 1. The van der Waals surface area contributed by atoms with Crippen molar-refractivity contribution in [2.75, 3.05) is 12.3 Å². The van der Waals surface area contributed by atoms with E-state index in [9.17, 15) is 4.79 Å². The second kappa shape index (κ2) is 6.29. The molecule has 1 saturated heterocycles. The Bertz CT molecular complexity index is 243. The standard InChI is InChI=1S/C12H20BrNOS/c13-10-5-3-4-9(10)8-14-12(15)11-6-1-2-7-16-11/h9-11H,1-8H2,(H,14,15). The van der Waals surface area contributed by atoms with Gasteiger partial charge in [0.15, 0.2) is 0 Å². The van der Waals surface area contributed by atoms with E-state index in [1.54, 1.807) is 0 Å². The monoisotopic (exact) mass is 305 g/mol. The van der Waals surface area contributed by atoms with E-state index in [1.807, 2.05) is 11.8 Å². The van der Waals surface area contributed by atoms with Gasteiger partial charge < -0.3 is 5.32 Å². The molecule has 92 valence electrons. The van der Waals surface area contributed by atoms with Crippen LogP contribution in [-0.2, 0) is 4.79 Å². The summed E-state index contributed by atoms with van der Waals surface area (Å²) in [5, 5.41) is 3.36. The van der Waals surface area contributed by atoms with Gasteiger partial charge in [0.1, 0.15) is 0 Å². The summed E-state index contributed by atoms with van der Waals surface area (Å²) in [6, 6.07) is 0. The third kappa shape index (κ3) is 3.39. The Labute approximate surface area is 110 Å². The first-order chi connectivity index (χ1) is 7.77. The minimum atomic E-state index is 0.226. The molecule has 3 unspecified atom stereocenters. The second-order valence-corrected chi connectivity index (χ2v) is 7.29. The lowest BCUT2D eigenvalue weighted by molar-refractivity contribution is -0.120. The van der Waals surface area contributed by atoms with Gasteiger partial charge in [-0.15, -0.1) is 11.8 Å². The minimum Gasteiger partial charge on any atom is -0.355 e. The molecule has 1 heterocycles. The van der Waals surface area contributed by atoms with Gasteiger partial charge in [0.05, 0.1) is 5.25 Å². The van der Waals surface area contributed by atoms with E-state index in [-0.39, 0.29) is 11.2 Å². The van der Waals surface area contributed by atoms with Crippen molar-refractivity contribution in [3.8, 4) is 0 Å². The zero-order chi connectivity index (χ0) is 11.4. The maximum Gasteiger partial charge on any atom is 0.233 e. The third-order valence-corrected chi connectivity index (χ3v) is 6.16. The summed E-state index contributed by atoms with van der Waals surface area (Å²) in [5.41, 5.74) is 0. The molecule has 0 aromatic heterocycles. The Kier molecular flexibility index (Phi) is 5.01. The Morgan fingerprint density at radius 3 is 2.75 bits per heavy atom. The first kappa shape index (κ1) is 12.7. The fourth-order valence-electron chi connectivity index (χ4n) is 2.51. The molecule has 0 spiro atoms. The number of alkyl halides is 1. The van der Waals surface area contributed by atoms with Gasteiger partial charge in [-0.3, -0.25) is 4.79 Å². The smallest absolute Gasteiger partial charge is 0.233 e. The summed E-state index contributed by atoms with van der Waals surface area (Å²) in [6.45, 7) is 0.867. The number of thioether (sulfide) groups is 1. The van der Waals surface area contributed by atoms with Crippen LogP contribution in [0.4, 0.5) is 0 Å². The van der Waals surface area contributed by atoms with Crippen molar-refractivity contribution in [2.24, 2.45) is 5.92 Å². The third-order valence-electron chi connectivity index (χ3n) is 3.58. The SMILES string of the molecule is O=C(NCC1CCCC1Br)C1CCCCS1. The van der Waals surface area contributed by atoms with Crippen molar-refractivity contribution in [3.63, 3.8) is 0 Å². The van der Waals surface area contributed by atoms with E-state index in [0.29, 0.717) is 10.7 Å². The Balaban J connectivity index is 1.70. The molecular formula is C12H20BrNOS. The van der Waals surface area contributed by atoms with Gasteiger partial charge in [-0.05, 0) is 37.4 Å². The lowest BCUT2D eigenvalue weighted by Gasteiger charge is -2.22. The van der Waals surface area contributed by atoms with Crippen molar-refractivity contribution in [2.45, 2.75) is 48.6 Å². The summed E-state index contributed by atoms with van der Waals surface area (Å²) < 4.78 is 0. The number of hydrogen-bond acceptors (Lipinski definition) is 2. The highest BCUT2D eigenvalue weighted by atomic mass is 79.9. The molecule has 2 fully saturated rings. The van der Waals surface area contributed by atoms with Crippen LogP contribution in [-0.4, -0.2) is 28.3 Å². The van der Waals surface area contributed by atoms with Gasteiger partial charge in [0.25, 0.3) is 0 Å². The molecule has 1 N–H and O–H groups in total. The lowest BCUT2D eigenvalue weighted by Crippen LogP contribution is -2.37. The molecule has 0 bridgehead atoms. The number of nitrogens with one attached hydrogen (secondary N) is 1. The highest BCUT2D eigenvalue weighted by molar-refractivity contribution is 9.09. The highest BCUT2D eigenvalue weighted by Crippen LogP contribution is 2.31. The summed E-state index contributed by atoms with van der Waals surface area (Å²) in [7, 11) is 0. The predicted molar refractivity (Wildman–Crippen MR) is 73.2 cm³/mol. The second-order valence-electron chi connectivity index (χ2n) is 4.81. The quantitative estimate of drug-likeness (QED) is 0.812. The first-order valence-electron chi connectivity index (χ1n) is 6.31. The van der Waals surface area contributed by atoms with Crippen LogP contribution in [0.5, 0.6) is 0 Å². The highest BCUT2D eigenvalue weighted by Gasteiger charge is 2.27. The largest absolute Gasteiger partial charge is 0.355 e. The van der Waals surface area contributed by atoms with Gasteiger partial charge in [-0.1, -0.05) is 28.8 Å². The summed E-state index contributed by atoms with van der Waals surface area (Å²) in [4.78, 5) is 12.5. The number of hydrogen-bond donors (Lipinski definition) is 1. The van der Waals surface area contributed by atoms with E-state index < -0.39 is 0 Å². The first-order valence-corrected chi connectivity index (χ1v) is 8.27. The molecule has 0 radical (unpaired) electrons. The van der Waals surface area contributed by atoms with Crippen molar-refractivity contribution < 1.29 is 4.79 Å². The van der Waals surface area contributed by atoms with Gasteiger partial charge in [0, 0.05) is 11.4 Å². The number of carbonyl (C=O) groups is 1. The van der Waals surface area contributed by atoms with E-state index in [2.05, 4.69) is 21.2 Å². The van der Waals surface area contributed by atoms with Crippen LogP contribution in [0.2, 0.25) is 0 Å². The molecular weight excluding hydrogens is 286 g/mol. The zero-order valence-corrected chi connectivity index (χ0v) is 12.0. The summed E-state index contributed by atoms with van der Waals surface area (Å²) in [6.07, 6.45) is 7.39. The van der Waals surface area contributed by atoms with Gasteiger partial charge in [-0.2, -0.15) is 0 Å². The van der Waals surface area contributed by atoms with Crippen LogP contribution in [0, 0.1) is 5.92 Å². The Morgan fingerprint density at radius 1 is 1.25 bits per heavy atom. The van der Waals surface area contributed by atoms with Crippen molar-refractivity contribution in [1.82, 2.24) is 5.32 Å². The molecule has 0 aromatic rings. The van der Waals surface area contributed by atoms with Gasteiger partial charge >= 0.3 is 0 Å². The van der Waals surface area contributed by atoms with Crippen molar-refractivity contribution >= 4 is 33.6 Å². The molecule has 3 atom stereocenters. The predicted octanol–water partition coefficient (Wildman–Crippen LogP) is 2.95. The molecule has 1 aliphatic heterocycles. The summed E-state index contributed by atoms with van der Waals surface area (Å²) in [5.74, 6) is 2.08. The number of rotatable bonds is 3. The molecule has 2 nitrogen and oxygen atoms in total. The van der Waals surface area contributed by atoms with Crippen molar-refractivity contribution in [1.29, 1.82) is 0 Å². The fourth-order valence-corrected chi connectivity index (χ4v) is 4.51. The maximum atomic E-state index is 11.9. The zero-order valence-electron chi connectivity index (χ0n) is 9.58. The van der Waals surface area contributed by atoms with E-state index in [0.717, 1.165) is 18.7 Å².